The van der Waals surface area contributed by atoms with Gasteiger partial charge in [-0.1, -0.05) is 48.5 Å². The predicted octanol–water partition coefficient (Wildman–Crippen LogP) is 4.96. The minimum Gasteiger partial charge on any atom is -0.495 e. The number of pyridine rings is 1. The molecular formula is C25H24N2O4. The van der Waals surface area contributed by atoms with Gasteiger partial charge < -0.3 is 23.9 Å². The van der Waals surface area contributed by atoms with Crippen molar-refractivity contribution in [1.29, 1.82) is 0 Å². The zero-order valence-electron chi connectivity index (χ0n) is 17.5. The van der Waals surface area contributed by atoms with E-state index in [2.05, 4.69) is 10.3 Å². The largest absolute Gasteiger partial charge is 0.495 e. The lowest BCUT2D eigenvalue weighted by Crippen LogP contribution is -2.56. The average molecular weight is 416 g/mol. The zero-order valence-corrected chi connectivity index (χ0v) is 17.5. The van der Waals surface area contributed by atoms with Gasteiger partial charge in [-0.25, -0.2) is 0 Å². The molecule has 1 N–H and O–H groups in total. The number of methoxy groups -OCH3 is 1. The van der Waals surface area contributed by atoms with Gasteiger partial charge in [0, 0.05) is 23.2 Å². The first-order chi connectivity index (χ1) is 15.1. The smallest absolute Gasteiger partial charge is 0.197 e. The second-order valence-corrected chi connectivity index (χ2v) is 7.65. The number of hydrogen-bond donors (Lipinski definition) is 1. The van der Waals surface area contributed by atoms with Crippen molar-refractivity contribution < 1.29 is 18.6 Å². The maximum atomic E-state index is 6.24. The molecule has 0 amide bonds. The maximum absolute atomic E-state index is 6.24. The molecule has 0 bridgehead atoms. The highest BCUT2D eigenvalue weighted by atomic mass is 16.7. The first-order valence-electron chi connectivity index (χ1n) is 10.2. The Morgan fingerprint density at radius 2 is 1.68 bits per heavy atom. The third-order valence-corrected chi connectivity index (χ3v) is 5.84. The summed E-state index contributed by atoms with van der Waals surface area (Å²) in [6, 6.07) is 21.9. The number of benzene rings is 2. The van der Waals surface area contributed by atoms with E-state index in [4.69, 9.17) is 18.6 Å². The van der Waals surface area contributed by atoms with Crippen molar-refractivity contribution in [3.05, 3.63) is 90.3 Å². The molecule has 158 valence electrons. The van der Waals surface area contributed by atoms with Crippen LogP contribution in [0, 0.1) is 0 Å². The number of furan rings is 1. The Bertz CT molecular complexity index is 1150. The highest BCUT2D eigenvalue weighted by Gasteiger charge is 2.56. The van der Waals surface area contributed by atoms with Crippen molar-refractivity contribution >= 4 is 16.9 Å². The first-order valence-corrected chi connectivity index (χ1v) is 10.2. The molecule has 0 radical (unpaired) electrons. The molecule has 5 rings (SSSR count). The molecule has 1 unspecified atom stereocenters. The summed E-state index contributed by atoms with van der Waals surface area (Å²) < 4.78 is 24.1. The number of hydrogen-bond acceptors (Lipinski definition) is 6. The minimum atomic E-state index is -1.03. The molecule has 3 heterocycles. The summed E-state index contributed by atoms with van der Waals surface area (Å²) in [5.41, 5.74) is 1.63. The van der Waals surface area contributed by atoms with Gasteiger partial charge in [-0.15, -0.1) is 0 Å². The molecule has 1 saturated heterocycles. The van der Waals surface area contributed by atoms with Gasteiger partial charge >= 0.3 is 0 Å². The molecule has 0 saturated carbocycles. The van der Waals surface area contributed by atoms with Crippen molar-refractivity contribution in [2.24, 2.45) is 0 Å². The number of fused-ring (bicyclic) bond motifs is 1. The lowest BCUT2D eigenvalue weighted by atomic mass is 9.76. The fraction of sp³-hybridized carbons (Fsp3) is 0.240. The molecule has 31 heavy (non-hydrogen) atoms. The van der Waals surface area contributed by atoms with E-state index in [9.17, 15) is 0 Å². The molecule has 1 atom stereocenters. The van der Waals surface area contributed by atoms with Crippen molar-refractivity contribution in [3.8, 4) is 5.75 Å². The third kappa shape index (κ3) is 3.24. The summed E-state index contributed by atoms with van der Waals surface area (Å²) in [6.45, 7) is 2.93. The van der Waals surface area contributed by atoms with Crippen LogP contribution < -0.4 is 10.1 Å². The highest BCUT2D eigenvalue weighted by molar-refractivity contribution is 5.81. The SMILES string of the molecule is COc1cncc(C(Nc2cc3ccccc3o2)(c2ccccc2)C2(C)OCCO2)c1. The fourth-order valence-corrected chi connectivity index (χ4v) is 4.33. The van der Waals surface area contributed by atoms with E-state index < -0.39 is 11.3 Å². The van der Waals surface area contributed by atoms with Gasteiger partial charge in [0.2, 0.25) is 0 Å². The van der Waals surface area contributed by atoms with Crippen LogP contribution in [0.5, 0.6) is 5.75 Å². The van der Waals surface area contributed by atoms with Crippen LogP contribution in [0.1, 0.15) is 18.1 Å². The van der Waals surface area contributed by atoms with Crippen LogP contribution in [-0.2, 0) is 15.0 Å². The van der Waals surface area contributed by atoms with E-state index in [1.165, 1.54) is 0 Å². The molecule has 4 aromatic rings. The molecule has 1 aliphatic heterocycles. The van der Waals surface area contributed by atoms with Crippen molar-refractivity contribution in [2.75, 3.05) is 25.6 Å². The highest BCUT2D eigenvalue weighted by Crippen LogP contribution is 2.47. The first kappa shape index (κ1) is 19.6. The van der Waals surface area contributed by atoms with Crippen molar-refractivity contribution in [1.82, 2.24) is 4.98 Å². The molecule has 6 heteroatoms. The summed E-state index contributed by atoms with van der Waals surface area (Å²) in [5.74, 6) is 0.223. The maximum Gasteiger partial charge on any atom is 0.197 e. The van der Waals surface area contributed by atoms with E-state index >= 15 is 0 Å². The van der Waals surface area contributed by atoms with Crippen LogP contribution in [0.15, 0.2) is 83.5 Å². The number of nitrogens with zero attached hydrogens (tertiary/aromatic N) is 1. The molecule has 0 spiro atoms. The topological polar surface area (TPSA) is 65.8 Å². The van der Waals surface area contributed by atoms with Gasteiger partial charge in [-0.05, 0) is 24.6 Å². The van der Waals surface area contributed by atoms with Gasteiger partial charge in [0.25, 0.3) is 0 Å². The van der Waals surface area contributed by atoms with Crippen LogP contribution >= 0.6 is 0 Å². The lowest BCUT2D eigenvalue weighted by Gasteiger charge is -2.45. The molecule has 2 aromatic heterocycles. The van der Waals surface area contributed by atoms with E-state index in [-0.39, 0.29) is 0 Å². The molecular weight excluding hydrogens is 392 g/mol. The van der Waals surface area contributed by atoms with Crippen LogP contribution in [0.3, 0.4) is 0 Å². The summed E-state index contributed by atoms with van der Waals surface area (Å²) in [5, 5.41) is 4.64. The molecule has 1 fully saturated rings. The summed E-state index contributed by atoms with van der Waals surface area (Å²) in [6.07, 6.45) is 3.49. The second-order valence-electron chi connectivity index (χ2n) is 7.65. The standard InChI is InChI=1S/C25H24N2O4/c1-24(29-12-13-30-24)25(19-9-4-3-5-10-19,20-15-21(28-2)17-26-16-20)27-23-14-18-8-6-7-11-22(18)31-23/h3-11,14-17,27H,12-13H2,1-2H3. The lowest BCUT2D eigenvalue weighted by molar-refractivity contribution is -0.178. The van der Waals surface area contributed by atoms with Crippen LogP contribution in [-0.4, -0.2) is 31.1 Å². The molecule has 2 aromatic carbocycles. The summed E-state index contributed by atoms with van der Waals surface area (Å²) in [4.78, 5) is 4.43. The Morgan fingerprint density at radius 1 is 0.935 bits per heavy atom. The Morgan fingerprint density at radius 3 is 2.42 bits per heavy atom. The summed E-state index contributed by atoms with van der Waals surface area (Å²) >= 11 is 0. The minimum absolute atomic E-state index is 0.490. The Hall–Kier alpha value is -3.35. The van der Waals surface area contributed by atoms with Crippen molar-refractivity contribution in [2.45, 2.75) is 18.2 Å². The van der Waals surface area contributed by atoms with E-state index in [1.807, 2.05) is 79.9 Å². The van der Waals surface area contributed by atoms with E-state index in [0.717, 1.165) is 22.1 Å². The number of ether oxygens (including phenoxy) is 3. The van der Waals surface area contributed by atoms with E-state index in [0.29, 0.717) is 24.8 Å². The number of aromatic nitrogens is 1. The third-order valence-electron chi connectivity index (χ3n) is 5.84. The Balaban J connectivity index is 1.76. The van der Waals surface area contributed by atoms with Gasteiger partial charge in [0.1, 0.15) is 16.9 Å². The zero-order chi connectivity index (χ0) is 21.3. The number of rotatable bonds is 6. The fourth-order valence-electron chi connectivity index (χ4n) is 4.33. The normalized spacial score (nSPS) is 17.4. The number of nitrogens with one attached hydrogen (secondary N) is 1. The van der Waals surface area contributed by atoms with Gasteiger partial charge in [0.05, 0.1) is 26.5 Å². The van der Waals surface area contributed by atoms with Crippen LogP contribution in [0.4, 0.5) is 5.88 Å². The van der Waals surface area contributed by atoms with E-state index in [1.54, 1.807) is 13.3 Å². The Kier molecular flexibility index (Phi) is 4.88. The second kappa shape index (κ2) is 7.72. The summed E-state index contributed by atoms with van der Waals surface area (Å²) in [7, 11) is 1.63. The molecule has 6 nitrogen and oxygen atoms in total. The number of para-hydroxylation sites is 1. The average Bonchev–Trinajstić information content (AvgIpc) is 3.44. The molecule has 0 aliphatic carbocycles. The molecule has 1 aliphatic rings. The quantitative estimate of drug-likeness (QED) is 0.480. The van der Waals surface area contributed by atoms with Gasteiger partial charge in [-0.3, -0.25) is 4.98 Å². The van der Waals surface area contributed by atoms with Crippen LogP contribution in [0.2, 0.25) is 0 Å². The van der Waals surface area contributed by atoms with Crippen molar-refractivity contribution in [3.63, 3.8) is 0 Å². The predicted molar refractivity (Wildman–Crippen MR) is 118 cm³/mol. The monoisotopic (exact) mass is 416 g/mol. The van der Waals surface area contributed by atoms with Crippen LogP contribution in [0.25, 0.3) is 11.0 Å². The number of anilines is 1. The van der Waals surface area contributed by atoms with Gasteiger partial charge in [-0.2, -0.15) is 0 Å². The van der Waals surface area contributed by atoms with Gasteiger partial charge in [0.15, 0.2) is 11.7 Å². The Labute approximate surface area is 180 Å².